The summed E-state index contributed by atoms with van der Waals surface area (Å²) in [6.45, 7) is 8.26. The molecule has 0 amide bonds. The number of nitrogens with zero attached hydrogens (tertiary/aromatic N) is 2. The largest absolute Gasteiger partial charge is 0.424 e. The second-order valence-corrected chi connectivity index (χ2v) is 4.89. The normalized spacial score (nSPS) is 22.9. The van der Waals surface area contributed by atoms with Crippen molar-refractivity contribution in [2.45, 2.75) is 38.5 Å². The molecule has 0 bridgehead atoms. The summed E-state index contributed by atoms with van der Waals surface area (Å²) < 4.78 is 5.67. The van der Waals surface area contributed by atoms with Gasteiger partial charge in [-0.1, -0.05) is 20.8 Å². The van der Waals surface area contributed by atoms with Crippen LogP contribution in [0.5, 0.6) is 0 Å². The van der Waals surface area contributed by atoms with Crippen LogP contribution < -0.4 is 5.32 Å². The molecule has 1 N–H and O–H groups in total. The van der Waals surface area contributed by atoms with E-state index in [1.54, 1.807) is 0 Å². The van der Waals surface area contributed by atoms with E-state index in [9.17, 15) is 0 Å². The first-order valence-corrected chi connectivity index (χ1v) is 5.12. The molecule has 4 nitrogen and oxygen atoms in total. The van der Waals surface area contributed by atoms with Crippen molar-refractivity contribution in [2.75, 3.05) is 13.1 Å². The zero-order valence-electron chi connectivity index (χ0n) is 9.00. The molecule has 2 rings (SSSR count). The summed E-state index contributed by atoms with van der Waals surface area (Å²) in [5.41, 5.74) is -0.0444. The molecule has 1 unspecified atom stereocenters. The van der Waals surface area contributed by atoms with Crippen molar-refractivity contribution in [2.24, 2.45) is 0 Å². The van der Waals surface area contributed by atoms with Crippen LogP contribution in [0.15, 0.2) is 4.42 Å². The molecule has 1 aliphatic rings. The van der Waals surface area contributed by atoms with Gasteiger partial charge in [0.05, 0.1) is 5.92 Å². The Morgan fingerprint density at radius 3 is 2.64 bits per heavy atom. The van der Waals surface area contributed by atoms with Crippen molar-refractivity contribution >= 4 is 0 Å². The van der Waals surface area contributed by atoms with Crippen LogP contribution in [0.3, 0.4) is 0 Å². The van der Waals surface area contributed by atoms with Gasteiger partial charge in [-0.2, -0.15) is 0 Å². The molecule has 0 aliphatic carbocycles. The summed E-state index contributed by atoms with van der Waals surface area (Å²) in [5, 5.41) is 11.5. The van der Waals surface area contributed by atoms with Gasteiger partial charge in [0.15, 0.2) is 0 Å². The van der Waals surface area contributed by atoms with Crippen LogP contribution in [0.1, 0.15) is 44.9 Å². The van der Waals surface area contributed by atoms with E-state index in [2.05, 4.69) is 36.3 Å². The van der Waals surface area contributed by atoms with Crippen LogP contribution >= 0.6 is 0 Å². The molecule has 2 heterocycles. The second-order valence-electron chi connectivity index (χ2n) is 4.89. The SMILES string of the molecule is CC(C)(C)c1nnc(C2CCNC2)o1. The predicted molar refractivity (Wildman–Crippen MR) is 53.2 cm³/mol. The Labute approximate surface area is 84.1 Å². The third kappa shape index (κ3) is 1.80. The van der Waals surface area contributed by atoms with Gasteiger partial charge in [0, 0.05) is 12.0 Å². The van der Waals surface area contributed by atoms with E-state index in [0.717, 1.165) is 31.3 Å². The molecule has 14 heavy (non-hydrogen) atoms. The minimum atomic E-state index is -0.0444. The van der Waals surface area contributed by atoms with Crippen molar-refractivity contribution in [1.29, 1.82) is 0 Å². The van der Waals surface area contributed by atoms with E-state index in [-0.39, 0.29) is 5.41 Å². The minimum Gasteiger partial charge on any atom is -0.424 e. The third-order valence-electron chi connectivity index (χ3n) is 2.49. The molecular formula is C10H17N3O. The molecule has 1 fully saturated rings. The van der Waals surface area contributed by atoms with E-state index in [4.69, 9.17) is 4.42 Å². The monoisotopic (exact) mass is 195 g/mol. The van der Waals surface area contributed by atoms with Gasteiger partial charge in [0.1, 0.15) is 0 Å². The summed E-state index contributed by atoms with van der Waals surface area (Å²) in [5.74, 6) is 1.94. The molecule has 1 aromatic rings. The Morgan fingerprint density at radius 1 is 1.36 bits per heavy atom. The quantitative estimate of drug-likeness (QED) is 0.736. The van der Waals surface area contributed by atoms with Crippen molar-refractivity contribution in [1.82, 2.24) is 15.5 Å². The maximum Gasteiger partial charge on any atom is 0.221 e. The van der Waals surface area contributed by atoms with E-state index < -0.39 is 0 Å². The van der Waals surface area contributed by atoms with Crippen LogP contribution in [0.2, 0.25) is 0 Å². The molecule has 78 valence electrons. The lowest BCUT2D eigenvalue weighted by Gasteiger charge is -2.11. The molecule has 1 aromatic heterocycles. The van der Waals surface area contributed by atoms with E-state index in [1.165, 1.54) is 0 Å². The number of rotatable bonds is 1. The zero-order chi connectivity index (χ0) is 10.2. The first-order chi connectivity index (χ1) is 6.57. The Balaban J connectivity index is 2.17. The molecule has 4 heteroatoms. The van der Waals surface area contributed by atoms with E-state index in [0.29, 0.717) is 5.92 Å². The Morgan fingerprint density at radius 2 is 2.14 bits per heavy atom. The average Bonchev–Trinajstić information content (AvgIpc) is 2.73. The van der Waals surface area contributed by atoms with Gasteiger partial charge in [-0.25, -0.2) is 0 Å². The minimum absolute atomic E-state index is 0.0444. The van der Waals surface area contributed by atoms with Gasteiger partial charge in [-0.3, -0.25) is 0 Å². The molecule has 0 spiro atoms. The zero-order valence-corrected chi connectivity index (χ0v) is 9.00. The number of hydrogen-bond donors (Lipinski definition) is 1. The van der Waals surface area contributed by atoms with Crippen LogP contribution in [0.25, 0.3) is 0 Å². The fraction of sp³-hybridized carbons (Fsp3) is 0.800. The third-order valence-corrected chi connectivity index (χ3v) is 2.49. The van der Waals surface area contributed by atoms with Crippen LogP contribution in [-0.2, 0) is 5.41 Å². The first-order valence-electron chi connectivity index (χ1n) is 5.12. The number of aromatic nitrogens is 2. The van der Waals surface area contributed by atoms with Crippen molar-refractivity contribution in [3.05, 3.63) is 11.8 Å². The van der Waals surface area contributed by atoms with E-state index in [1.807, 2.05) is 0 Å². The Kier molecular flexibility index (Phi) is 2.31. The molecule has 1 saturated heterocycles. The van der Waals surface area contributed by atoms with Crippen LogP contribution in [0, 0.1) is 0 Å². The topological polar surface area (TPSA) is 51.0 Å². The Hall–Kier alpha value is -0.900. The summed E-state index contributed by atoms with van der Waals surface area (Å²) in [6, 6.07) is 0. The van der Waals surface area contributed by atoms with Gasteiger partial charge in [0.25, 0.3) is 0 Å². The fourth-order valence-corrected chi connectivity index (χ4v) is 1.57. The summed E-state index contributed by atoms with van der Waals surface area (Å²) in [4.78, 5) is 0. The van der Waals surface area contributed by atoms with Gasteiger partial charge < -0.3 is 9.73 Å². The highest BCUT2D eigenvalue weighted by Gasteiger charge is 2.26. The lowest BCUT2D eigenvalue weighted by Crippen LogP contribution is -2.11. The maximum atomic E-state index is 5.67. The van der Waals surface area contributed by atoms with Gasteiger partial charge in [0.2, 0.25) is 11.8 Å². The second kappa shape index (κ2) is 3.35. The predicted octanol–water partition coefficient (Wildman–Crippen LogP) is 1.44. The number of nitrogens with one attached hydrogen (secondary N) is 1. The standard InChI is InChI=1S/C10H17N3O/c1-10(2,3)9-13-12-8(14-9)7-4-5-11-6-7/h7,11H,4-6H2,1-3H3. The summed E-state index contributed by atoms with van der Waals surface area (Å²) >= 11 is 0. The molecule has 0 aromatic carbocycles. The van der Waals surface area contributed by atoms with Gasteiger partial charge >= 0.3 is 0 Å². The Bertz CT molecular complexity index is 307. The smallest absolute Gasteiger partial charge is 0.221 e. The molecule has 1 atom stereocenters. The molecular weight excluding hydrogens is 178 g/mol. The number of hydrogen-bond acceptors (Lipinski definition) is 4. The lowest BCUT2D eigenvalue weighted by atomic mass is 9.97. The van der Waals surface area contributed by atoms with Crippen molar-refractivity contribution in [3.8, 4) is 0 Å². The average molecular weight is 195 g/mol. The van der Waals surface area contributed by atoms with E-state index >= 15 is 0 Å². The summed E-state index contributed by atoms with van der Waals surface area (Å²) in [7, 11) is 0. The van der Waals surface area contributed by atoms with Crippen molar-refractivity contribution in [3.63, 3.8) is 0 Å². The van der Waals surface area contributed by atoms with Crippen molar-refractivity contribution < 1.29 is 4.42 Å². The molecule has 0 saturated carbocycles. The molecule has 0 radical (unpaired) electrons. The lowest BCUT2D eigenvalue weighted by molar-refractivity contribution is 0.359. The fourth-order valence-electron chi connectivity index (χ4n) is 1.57. The highest BCUT2D eigenvalue weighted by Crippen LogP contribution is 2.25. The maximum absolute atomic E-state index is 5.67. The highest BCUT2D eigenvalue weighted by atomic mass is 16.4. The van der Waals surface area contributed by atoms with Crippen LogP contribution in [0.4, 0.5) is 0 Å². The summed E-state index contributed by atoms with van der Waals surface area (Å²) in [6.07, 6.45) is 1.10. The highest BCUT2D eigenvalue weighted by molar-refractivity contribution is 5.01. The van der Waals surface area contributed by atoms with Crippen LogP contribution in [-0.4, -0.2) is 23.3 Å². The first kappa shape index (κ1) is 9.65. The molecule has 1 aliphatic heterocycles. The van der Waals surface area contributed by atoms with Gasteiger partial charge in [-0.05, 0) is 13.0 Å². The van der Waals surface area contributed by atoms with Gasteiger partial charge in [-0.15, -0.1) is 10.2 Å².